The summed E-state index contributed by atoms with van der Waals surface area (Å²) in [5.41, 5.74) is 11.3. The molecule has 4 aromatic rings. The average molecular weight is 599 g/mol. The number of carbonyl (C=O) groups is 3. The van der Waals surface area contributed by atoms with Crippen molar-refractivity contribution in [2.75, 3.05) is 25.6 Å². The van der Waals surface area contributed by atoms with Crippen LogP contribution in [0.15, 0.2) is 53.9 Å². The number of pyridine rings is 1. The molecule has 0 spiro atoms. The van der Waals surface area contributed by atoms with Gasteiger partial charge in [-0.15, -0.1) is 11.3 Å². The van der Waals surface area contributed by atoms with Gasteiger partial charge in [0.05, 0.1) is 13.7 Å². The molecule has 0 radical (unpaired) electrons. The molecule has 2 aromatic heterocycles. The molecule has 5 rings (SSSR count). The van der Waals surface area contributed by atoms with Crippen molar-refractivity contribution in [2.24, 2.45) is 5.73 Å². The Morgan fingerprint density at radius 3 is 2.63 bits per heavy atom. The highest BCUT2D eigenvalue weighted by Gasteiger charge is 2.27. The first-order valence-corrected chi connectivity index (χ1v) is 15.1. The lowest BCUT2D eigenvalue weighted by Gasteiger charge is -2.18. The molecule has 0 saturated heterocycles. The Bertz CT molecular complexity index is 1700. The van der Waals surface area contributed by atoms with Crippen molar-refractivity contribution in [1.82, 2.24) is 10.3 Å². The van der Waals surface area contributed by atoms with Crippen LogP contribution in [0.2, 0.25) is 0 Å². The molecule has 0 fully saturated rings. The van der Waals surface area contributed by atoms with Crippen LogP contribution in [0.3, 0.4) is 0 Å². The number of ether oxygens (including phenoxy) is 2. The Hall–Kier alpha value is -4.54. The fraction of sp³-hybridized carbons (Fsp3) is 0.273. The van der Waals surface area contributed by atoms with E-state index in [9.17, 15) is 14.4 Å². The largest absolute Gasteiger partial charge is 0.493 e. The van der Waals surface area contributed by atoms with Crippen LogP contribution in [0.4, 0.5) is 5.69 Å². The summed E-state index contributed by atoms with van der Waals surface area (Å²) >= 11 is 1.58. The number of unbranched alkanes of at least 4 members (excludes halogenated alkanes) is 1. The molecule has 2 amide bonds. The molecule has 43 heavy (non-hydrogen) atoms. The van der Waals surface area contributed by atoms with Gasteiger partial charge in [0.1, 0.15) is 11.4 Å². The van der Waals surface area contributed by atoms with Crippen molar-refractivity contribution in [3.63, 3.8) is 0 Å². The number of hydrogen-bond donors (Lipinski definition) is 3. The number of carbonyl (C=O) groups excluding carboxylic acids is 3. The standard InChI is InChI=1S/C33H34N4O5S/c1-4-5-12-35-32(39)27-9-7-22(29(36-27)33(40)41-3)23-17-28-25(30-21(10-13-42-28)11-14-43-30)16-24(23)31(38)37-26-8-6-20(18-34)15-19(26)2/h6-9,11,14-17H,4-5,10,12-13,18,34H2,1-3H3,(H,35,39)(H,37,38). The minimum Gasteiger partial charge on any atom is -0.493 e. The molecule has 2 aromatic carbocycles. The van der Waals surface area contributed by atoms with Crippen LogP contribution < -0.4 is 21.1 Å². The van der Waals surface area contributed by atoms with Gasteiger partial charge in [0.15, 0.2) is 5.69 Å². The van der Waals surface area contributed by atoms with E-state index < -0.39 is 11.9 Å². The van der Waals surface area contributed by atoms with Crippen molar-refractivity contribution >= 4 is 34.8 Å². The summed E-state index contributed by atoms with van der Waals surface area (Å²) < 4.78 is 11.2. The quantitative estimate of drug-likeness (QED) is 0.165. The summed E-state index contributed by atoms with van der Waals surface area (Å²) in [6.45, 7) is 5.29. The number of fused-ring (bicyclic) bond motifs is 3. The molecule has 3 heterocycles. The van der Waals surface area contributed by atoms with E-state index in [4.69, 9.17) is 15.2 Å². The lowest BCUT2D eigenvalue weighted by atomic mass is 9.93. The highest BCUT2D eigenvalue weighted by molar-refractivity contribution is 7.13. The lowest BCUT2D eigenvalue weighted by Crippen LogP contribution is -2.26. The normalized spacial score (nSPS) is 11.9. The number of hydrogen-bond acceptors (Lipinski definition) is 8. The van der Waals surface area contributed by atoms with E-state index in [0.717, 1.165) is 46.4 Å². The number of rotatable bonds is 9. The third-order valence-electron chi connectivity index (χ3n) is 7.37. The van der Waals surface area contributed by atoms with E-state index in [1.54, 1.807) is 35.6 Å². The van der Waals surface area contributed by atoms with Gasteiger partial charge in [-0.1, -0.05) is 25.5 Å². The van der Waals surface area contributed by atoms with E-state index in [-0.39, 0.29) is 17.3 Å². The summed E-state index contributed by atoms with van der Waals surface area (Å²) in [6.07, 6.45) is 2.48. The third-order valence-corrected chi connectivity index (χ3v) is 8.36. The average Bonchev–Trinajstić information content (AvgIpc) is 3.42. The van der Waals surface area contributed by atoms with Gasteiger partial charge in [0.2, 0.25) is 0 Å². The van der Waals surface area contributed by atoms with Gasteiger partial charge in [-0.2, -0.15) is 0 Å². The number of anilines is 1. The zero-order chi connectivity index (χ0) is 30.5. The van der Waals surface area contributed by atoms with Gasteiger partial charge < -0.3 is 25.8 Å². The van der Waals surface area contributed by atoms with Gasteiger partial charge in [0.25, 0.3) is 11.8 Å². The zero-order valence-corrected chi connectivity index (χ0v) is 25.2. The van der Waals surface area contributed by atoms with Crippen LogP contribution in [-0.2, 0) is 17.7 Å². The Labute approximate surface area is 254 Å². The molecular weight excluding hydrogens is 564 g/mol. The number of esters is 1. The van der Waals surface area contributed by atoms with Gasteiger partial charge in [0, 0.05) is 52.3 Å². The number of thiophene rings is 1. The number of methoxy groups -OCH3 is 1. The third kappa shape index (κ3) is 6.30. The van der Waals surface area contributed by atoms with Crippen LogP contribution in [0, 0.1) is 6.92 Å². The minimum absolute atomic E-state index is 0.0754. The molecule has 10 heteroatoms. The van der Waals surface area contributed by atoms with Gasteiger partial charge in [-0.05, 0) is 71.8 Å². The highest BCUT2D eigenvalue weighted by Crippen LogP contribution is 2.43. The molecule has 0 saturated carbocycles. The maximum Gasteiger partial charge on any atom is 0.357 e. The zero-order valence-electron chi connectivity index (χ0n) is 24.4. The Morgan fingerprint density at radius 1 is 1.05 bits per heavy atom. The van der Waals surface area contributed by atoms with Gasteiger partial charge in [-0.25, -0.2) is 9.78 Å². The highest BCUT2D eigenvalue weighted by atomic mass is 32.1. The number of aromatic nitrogens is 1. The van der Waals surface area contributed by atoms with Crippen LogP contribution in [-0.4, -0.2) is 43.0 Å². The fourth-order valence-electron chi connectivity index (χ4n) is 5.03. The molecule has 222 valence electrons. The molecule has 0 atom stereocenters. The molecule has 0 aliphatic carbocycles. The van der Waals surface area contributed by atoms with E-state index in [0.29, 0.717) is 47.8 Å². The van der Waals surface area contributed by atoms with Gasteiger partial charge >= 0.3 is 5.97 Å². The van der Waals surface area contributed by atoms with E-state index in [2.05, 4.69) is 21.7 Å². The van der Waals surface area contributed by atoms with Gasteiger partial charge in [-0.3, -0.25) is 9.59 Å². The minimum atomic E-state index is -0.728. The number of benzene rings is 2. The summed E-state index contributed by atoms with van der Waals surface area (Å²) in [5.74, 6) is -0.904. The molecule has 0 unspecified atom stereocenters. The first-order chi connectivity index (χ1) is 20.8. The summed E-state index contributed by atoms with van der Waals surface area (Å²) in [5, 5.41) is 7.88. The fourth-order valence-corrected chi connectivity index (χ4v) is 6.01. The van der Waals surface area contributed by atoms with Crippen LogP contribution in [0.5, 0.6) is 5.75 Å². The SMILES string of the molecule is CCCCNC(=O)c1ccc(-c2cc3c(cc2C(=O)Nc2ccc(CN)cc2C)-c2sccc2CCO3)c(C(=O)OC)n1. The van der Waals surface area contributed by atoms with Crippen molar-refractivity contribution in [3.05, 3.63) is 87.6 Å². The van der Waals surface area contributed by atoms with Crippen LogP contribution >= 0.6 is 11.3 Å². The van der Waals surface area contributed by atoms with Crippen molar-refractivity contribution < 1.29 is 23.9 Å². The number of nitrogens with zero attached hydrogens (tertiary/aromatic N) is 1. The molecule has 9 nitrogen and oxygen atoms in total. The molecule has 1 aliphatic heterocycles. The monoisotopic (exact) mass is 598 g/mol. The number of aryl methyl sites for hydroxylation is 1. The Kier molecular flexibility index (Phi) is 9.18. The first kappa shape index (κ1) is 29.9. The van der Waals surface area contributed by atoms with E-state index >= 15 is 0 Å². The van der Waals surface area contributed by atoms with Crippen molar-refractivity contribution in [2.45, 2.75) is 39.7 Å². The molecule has 0 bridgehead atoms. The summed E-state index contributed by atoms with van der Waals surface area (Å²) in [4.78, 5) is 45.3. The second-order valence-electron chi connectivity index (χ2n) is 10.3. The maximum atomic E-state index is 14.0. The predicted molar refractivity (Wildman–Crippen MR) is 168 cm³/mol. The number of amides is 2. The maximum absolute atomic E-state index is 14.0. The Balaban J connectivity index is 1.65. The topological polar surface area (TPSA) is 133 Å². The summed E-state index contributed by atoms with van der Waals surface area (Å²) in [6, 6.07) is 14.4. The van der Waals surface area contributed by atoms with Crippen molar-refractivity contribution in [1.29, 1.82) is 0 Å². The van der Waals surface area contributed by atoms with E-state index in [1.807, 2.05) is 37.4 Å². The van der Waals surface area contributed by atoms with Crippen molar-refractivity contribution in [3.8, 4) is 27.3 Å². The number of nitrogens with two attached hydrogens (primary N) is 1. The predicted octanol–water partition coefficient (Wildman–Crippen LogP) is 5.75. The molecular formula is C33H34N4O5S. The second-order valence-corrected chi connectivity index (χ2v) is 11.2. The lowest BCUT2D eigenvalue weighted by molar-refractivity contribution is 0.0594. The summed E-state index contributed by atoms with van der Waals surface area (Å²) in [7, 11) is 1.25. The smallest absolute Gasteiger partial charge is 0.357 e. The second kappa shape index (κ2) is 13.2. The first-order valence-electron chi connectivity index (χ1n) is 14.2. The van der Waals surface area contributed by atoms with Crippen LogP contribution in [0.25, 0.3) is 21.6 Å². The Morgan fingerprint density at radius 2 is 1.88 bits per heavy atom. The van der Waals surface area contributed by atoms with E-state index in [1.165, 1.54) is 7.11 Å². The number of nitrogens with one attached hydrogen (secondary N) is 2. The van der Waals surface area contributed by atoms with Crippen LogP contribution in [0.1, 0.15) is 67.8 Å². The molecule has 1 aliphatic rings. The molecule has 4 N–H and O–H groups in total.